The Morgan fingerprint density at radius 1 is 1.30 bits per heavy atom. The normalized spacial score (nSPS) is 12.0. The van der Waals surface area contributed by atoms with Crippen LogP contribution in [0.1, 0.15) is 11.4 Å². The molecule has 3 aromatic rings. The number of imidazole rings is 1. The van der Waals surface area contributed by atoms with Gasteiger partial charge in [-0.15, -0.1) is 0 Å². The van der Waals surface area contributed by atoms with Crippen LogP contribution in [0.3, 0.4) is 0 Å². The van der Waals surface area contributed by atoms with Crippen molar-refractivity contribution in [3.63, 3.8) is 0 Å². The van der Waals surface area contributed by atoms with E-state index in [1.54, 1.807) is 21.6 Å². The van der Waals surface area contributed by atoms with Gasteiger partial charge in [-0.1, -0.05) is 0 Å². The zero-order valence-corrected chi connectivity index (χ0v) is 10.2. The summed E-state index contributed by atoms with van der Waals surface area (Å²) in [6, 6.07) is 6.50. The number of hydrogen-bond donors (Lipinski definition) is 0. The molecule has 6 nitrogen and oxygen atoms in total. The molecule has 0 fully saturated rings. The zero-order chi connectivity index (χ0) is 13.7. The lowest BCUT2D eigenvalue weighted by atomic mass is 10.1. The Balaban J connectivity index is 2.12. The second kappa shape index (κ2) is 3.74. The van der Waals surface area contributed by atoms with Crippen molar-refractivity contribution in [3.8, 4) is 23.1 Å². The summed E-state index contributed by atoms with van der Waals surface area (Å²) in [5, 5.41) is 13.3. The van der Waals surface area contributed by atoms with Crippen molar-refractivity contribution in [2.45, 2.75) is 6.54 Å². The van der Waals surface area contributed by atoms with Crippen LogP contribution in [0.5, 0.6) is 0 Å². The van der Waals surface area contributed by atoms with Crippen LogP contribution in [0.25, 0.3) is 17.1 Å². The summed E-state index contributed by atoms with van der Waals surface area (Å²) in [6.07, 6.45) is 2.99. The number of nitriles is 1. The molecule has 4 rings (SSSR count). The van der Waals surface area contributed by atoms with Gasteiger partial charge in [-0.3, -0.25) is 4.57 Å². The molecule has 0 bridgehead atoms. The molecule has 0 radical (unpaired) electrons. The van der Waals surface area contributed by atoms with Crippen LogP contribution in [-0.2, 0) is 6.54 Å². The van der Waals surface area contributed by atoms with E-state index < -0.39 is 0 Å². The Morgan fingerprint density at radius 3 is 3.05 bits per heavy atom. The van der Waals surface area contributed by atoms with Gasteiger partial charge in [-0.05, 0) is 18.2 Å². The van der Waals surface area contributed by atoms with Crippen LogP contribution >= 0.6 is 0 Å². The van der Waals surface area contributed by atoms with Crippen LogP contribution < -0.4 is 0 Å². The van der Waals surface area contributed by atoms with Gasteiger partial charge >= 0.3 is 0 Å². The van der Waals surface area contributed by atoms with E-state index in [1.165, 1.54) is 18.5 Å². The molecule has 7 heteroatoms. The maximum absolute atomic E-state index is 13.5. The van der Waals surface area contributed by atoms with Crippen molar-refractivity contribution in [2.75, 3.05) is 0 Å². The number of benzene rings is 1. The highest BCUT2D eigenvalue weighted by atomic mass is 19.1. The maximum Gasteiger partial charge on any atom is 0.163 e. The van der Waals surface area contributed by atoms with Crippen molar-refractivity contribution < 1.29 is 4.39 Å². The van der Waals surface area contributed by atoms with E-state index in [-0.39, 0.29) is 5.82 Å². The fourth-order valence-electron chi connectivity index (χ4n) is 2.45. The Hall–Kier alpha value is -3.01. The lowest BCUT2D eigenvalue weighted by Gasteiger charge is -2.07. The van der Waals surface area contributed by atoms with E-state index in [0.717, 1.165) is 5.69 Å². The quantitative estimate of drug-likeness (QED) is 0.483. The minimum Gasteiger partial charge on any atom is -0.299 e. The van der Waals surface area contributed by atoms with Gasteiger partial charge in [0, 0.05) is 5.56 Å². The number of halogens is 1. The third kappa shape index (κ3) is 1.33. The van der Waals surface area contributed by atoms with Crippen molar-refractivity contribution in [1.82, 2.24) is 24.3 Å². The fraction of sp³-hybridized carbons (Fsp3) is 0.0769. The molecule has 1 aliphatic heterocycles. The van der Waals surface area contributed by atoms with Crippen LogP contribution in [0.2, 0.25) is 0 Å². The second-order valence-corrected chi connectivity index (χ2v) is 4.42. The maximum atomic E-state index is 13.5. The Bertz CT molecular complexity index is 869. The van der Waals surface area contributed by atoms with Crippen LogP contribution in [0, 0.1) is 17.1 Å². The van der Waals surface area contributed by atoms with Crippen molar-refractivity contribution >= 4 is 0 Å². The number of aromatic nitrogens is 5. The number of fused-ring (bicyclic) bond motifs is 5. The van der Waals surface area contributed by atoms with Crippen LogP contribution in [0.4, 0.5) is 4.39 Å². The predicted octanol–water partition coefficient (Wildman–Crippen LogP) is 1.50. The van der Waals surface area contributed by atoms with Gasteiger partial charge in [-0.25, -0.2) is 19.0 Å². The van der Waals surface area contributed by atoms with Gasteiger partial charge in [0.05, 0.1) is 17.9 Å². The Labute approximate surface area is 112 Å². The molecule has 2 aromatic heterocycles. The third-order valence-corrected chi connectivity index (χ3v) is 3.35. The van der Waals surface area contributed by atoms with Gasteiger partial charge in [0.15, 0.2) is 11.5 Å². The number of hydrogen-bond acceptors (Lipinski definition) is 4. The SMILES string of the molecule is N#Cc1ncn2c1Cn1ncnc1-c1cc(F)ccc1-2. The van der Waals surface area contributed by atoms with E-state index in [1.807, 2.05) is 0 Å². The van der Waals surface area contributed by atoms with E-state index in [2.05, 4.69) is 21.1 Å². The molecule has 96 valence electrons. The molecule has 0 aliphatic carbocycles. The molecule has 20 heavy (non-hydrogen) atoms. The molecular formula is C13H7FN6. The van der Waals surface area contributed by atoms with Gasteiger partial charge in [0.2, 0.25) is 0 Å². The lowest BCUT2D eigenvalue weighted by molar-refractivity contribution is 0.627. The molecule has 0 amide bonds. The minimum absolute atomic E-state index is 0.337. The first-order valence-electron chi connectivity index (χ1n) is 5.92. The molecular weight excluding hydrogens is 259 g/mol. The Morgan fingerprint density at radius 2 is 2.20 bits per heavy atom. The van der Waals surface area contributed by atoms with Crippen LogP contribution in [0.15, 0.2) is 30.9 Å². The monoisotopic (exact) mass is 266 g/mol. The minimum atomic E-state index is -0.345. The Kier molecular flexibility index (Phi) is 2.03. The fourth-order valence-corrected chi connectivity index (χ4v) is 2.45. The van der Waals surface area contributed by atoms with Crippen molar-refractivity contribution in [2.24, 2.45) is 0 Å². The topological polar surface area (TPSA) is 72.3 Å². The standard InChI is InChI=1S/C13H7FN6/c14-8-1-2-11-9(3-8)13-16-6-18-20(13)5-12-10(4-15)17-7-19(11)12/h1-3,6-7H,5H2. The number of nitrogens with zero attached hydrogens (tertiary/aromatic N) is 6. The summed E-state index contributed by atoms with van der Waals surface area (Å²) in [6.45, 7) is 0.370. The summed E-state index contributed by atoms with van der Waals surface area (Å²) in [4.78, 5) is 8.27. The molecule has 0 saturated carbocycles. The van der Waals surface area contributed by atoms with Crippen LogP contribution in [-0.4, -0.2) is 24.3 Å². The smallest absolute Gasteiger partial charge is 0.163 e. The molecule has 0 saturated heterocycles. The average Bonchev–Trinajstić information content (AvgIpc) is 3.04. The summed E-state index contributed by atoms with van der Waals surface area (Å²) >= 11 is 0. The molecule has 0 spiro atoms. The summed E-state index contributed by atoms with van der Waals surface area (Å²) in [7, 11) is 0. The van der Waals surface area contributed by atoms with Gasteiger partial charge in [-0.2, -0.15) is 10.4 Å². The molecule has 1 aliphatic rings. The van der Waals surface area contributed by atoms with E-state index in [0.29, 0.717) is 29.3 Å². The van der Waals surface area contributed by atoms with Gasteiger partial charge < -0.3 is 0 Å². The largest absolute Gasteiger partial charge is 0.299 e. The third-order valence-electron chi connectivity index (χ3n) is 3.35. The van der Waals surface area contributed by atoms with E-state index in [9.17, 15) is 4.39 Å². The van der Waals surface area contributed by atoms with E-state index in [4.69, 9.17) is 5.26 Å². The average molecular weight is 266 g/mol. The van der Waals surface area contributed by atoms with Crippen molar-refractivity contribution in [1.29, 1.82) is 5.26 Å². The van der Waals surface area contributed by atoms with Crippen molar-refractivity contribution in [3.05, 3.63) is 48.1 Å². The first kappa shape index (κ1) is 10.9. The molecule has 0 atom stereocenters. The summed E-state index contributed by atoms with van der Waals surface area (Å²) in [5.74, 6) is 0.231. The first-order valence-corrected chi connectivity index (χ1v) is 5.92. The van der Waals surface area contributed by atoms with E-state index >= 15 is 0 Å². The molecule has 0 unspecified atom stereocenters. The number of rotatable bonds is 0. The highest BCUT2D eigenvalue weighted by Gasteiger charge is 2.23. The first-order chi connectivity index (χ1) is 9.78. The summed E-state index contributed by atoms with van der Waals surface area (Å²) in [5.41, 5.74) is 2.42. The van der Waals surface area contributed by atoms with Gasteiger partial charge in [0.1, 0.15) is 24.5 Å². The zero-order valence-electron chi connectivity index (χ0n) is 10.2. The second-order valence-electron chi connectivity index (χ2n) is 4.42. The van der Waals surface area contributed by atoms with Gasteiger partial charge in [0.25, 0.3) is 0 Å². The highest BCUT2D eigenvalue weighted by molar-refractivity contribution is 5.69. The highest BCUT2D eigenvalue weighted by Crippen LogP contribution is 2.31. The molecule has 1 aromatic carbocycles. The predicted molar refractivity (Wildman–Crippen MR) is 66.4 cm³/mol. The summed E-state index contributed by atoms with van der Waals surface area (Å²) < 4.78 is 17.0. The molecule has 0 N–H and O–H groups in total. The lowest BCUT2D eigenvalue weighted by Crippen LogP contribution is -2.05. The molecule has 3 heterocycles.